The predicted molar refractivity (Wildman–Crippen MR) is 107 cm³/mol. The first kappa shape index (κ1) is 19.5. The maximum atomic E-state index is 9.40. The van der Waals surface area contributed by atoms with Gasteiger partial charge in [0, 0.05) is 23.6 Å². The first-order valence-electron chi connectivity index (χ1n) is 9.17. The molecule has 0 saturated carbocycles. The van der Waals surface area contributed by atoms with E-state index in [1.165, 1.54) is 0 Å². The molecule has 1 aliphatic heterocycles. The molecule has 0 atom stereocenters. The highest BCUT2D eigenvalue weighted by Crippen LogP contribution is 2.37. The van der Waals surface area contributed by atoms with Crippen LogP contribution < -0.4 is 5.46 Å². The highest BCUT2D eigenvalue weighted by molar-refractivity contribution is 6.62. The molecule has 27 heavy (non-hydrogen) atoms. The molecular formula is C21H26BN3O2. The Hall–Kier alpha value is -2.23. The summed E-state index contributed by atoms with van der Waals surface area (Å²) >= 11 is 0. The lowest BCUT2D eigenvalue weighted by Gasteiger charge is -2.32. The van der Waals surface area contributed by atoms with Gasteiger partial charge in [0.05, 0.1) is 28.4 Å². The Morgan fingerprint density at radius 2 is 1.67 bits per heavy atom. The molecule has 5 nitrogen and oxygen atoms in total. The van der Waals surface area contributed by atoms with Gasteiger partial charge in [0.1, 0.15) is 0 Å². The Balaban J connectivity index is 2.01. The average Bonchev–Trinajstić information content (AvgIpc) is 2.83. The Morgan fingerprint density at radius 3 is 2.26 bits per heavy atom. The third-order valence-electron chi connectivity index (χ3n) is 5.65. The second kappa shape index (κ2) is 6.44. The maximum Gasteiger partial charge on any atom is 0.496 e. The molecule has 0 aliphatic carbocycles. The molecule has 0 bridgehead atoms. The fourth-order valence-corrected chi connectivity index (χ4v) is 2.93. The van der Waals surface area contributed by atoms with Crippen LogP contribution in [0.3, 0.4) is 0 Å². The topological polar surface area (TPSA) is 68.0 Å². The third kappa shape index (κ3) is 3.50. The van der Waals surface area contributed by atoms with Crippen molar-refractivity contribution in [2.75, 3.05) is 0 Å². The van der Waals surface area contributed by atoms with Gasteiger partial charge in [-0.25, -0.2) is 0 Å². The van der Waals surface area contributed by atoms with E-state index in [1.54, 1.807) is 6.20 Å². The van der Waals surface area contributed by atoms with E-state index in [0.717, 1.165) is 28.0 Å². The number of hydrogen-bond acceptors (Lipinski definition) is 5. The number of nitrogens with zero attached hydrogens (tertiary/aromatic N) is 3. The summed E-state index contributed by atoms with van der Waals surface area (Å²) in [4.78, 5) is 8.93. The molecule has 2 aromatic heterocycles. The van der Waals surface area contributed by atoms with Gasteiger partial charge in [0.15, 0.2) is 0 Å². The number of aromatic nitrogens is 2. The van der Waals surface area contributed by atoms with Crippen molar-refractivity contribution in [2.45, 2.75) is 65.1 Å². The van der Waals surface area contributed by atoms with Crippen molar-refractivity contribution in [3.63, 3.8) is 0 Å². The first-order chi connectivity index (χ1) is 12.5. The van der Waals surface area contributed by atoms with E-state index in [9.17, 15) is 5.26 Å². The van der Waals surface area contributed by atoms with Gasteiger partial charge in [0.2, 0.25) is 0 Å². The minimum Gasteiger partial charge on any atom is -0.399 e. The zero-order valence-electron chi connectivity index (χ0n) is 17.1. The van der Waals surface area contributed by atoms with Crippen molar-refractivity contribution >= 4 is 12.6 Å². The van der Waals surface area contributed by atoms with Crippen molar-refractivity contribution in [3.05, 3.63) is 42.0 Å². The van der Waals surface area contributed by atoms with Crippen molar-refractivity contribution in [1.29, 1.82) is 5.26 Å². The third-order valence-corrected chi connectivity index (χ3v) is 5.65. The molecule has 3 heterocycles. The van der Waals surface area contributed by atoms with E-state index >= 15 is 0 Å². The smallest absolute Gasteiger partial charge is 0.399 e. The van der Waals surface area contributed by atoms with Crippen LogP contribution in [0.25, 0.3) is 11.1 Å². The summed E-state index contributed by atoms with van der Waals surface area (Å²) in [5, 5.41) is 9.40. The van der Waals surface area contributed by atoms with Gasteiger partial charge in [0.25, 0.3) is 0 Å². The zero-order chi connectivity index (χ0) is 20.0. The summed E-state index contributed by atoms with van der Waals surface area (Å²) in [6.07, 6.45) is 3.57. The fourth-order valence-electron chi connectivity index (χ4n) is 2.93. The summed E-state index contributed by atoms with van der Waals surface area (Å²) in [7, 11) is -0.459. The van der Waals surface area contributed by atoms with Gasteiger partial charge in [-0.3, -0.25) is 9.97 Å². The van der Waals surface area contributed by atoms with Crippen LogP contribution in [0.15, 0.2) is 30.6 Å². The standard InChI is InChI=1S/C21H26BN3O2/c1-14-17(22-26-20(4,5)21(6,7)27-22)10-16(12-25-14)15-8-9-24-18(11-15)19(2,3)13-23/h8-12H,1-7H3. The monoisotopic (exact) mass is 363 g/mol. The molecule has 3 rings (SSSR count). The molecule has 0 unspecified atom stereocenters. The Labute approximate surface area is 161 Å². The van der Waals surface area contributed by atoms with Crippen molar-refractivity contribution in [2.24, 2.45) is 0 Å². The summed E-state index contributed by atoms with van der Waals surface area (Å²) < 4.78 is 12.4. The van der Waals surface area contributed by atoms with E-state index in [4.69, 9.17) is 9.31 Å². The van der Waals surface area contributed by atoms with Gasteiger partial charge in [-0.2, -0.15) is 5.26 Å². The second-order valence-electron chi connectivity index (χ2n) is 8.65. The van der Waals surface area contributed by atoms with Crippen LogP contribution in [0, 0.1) is 18.3 Å². The van der Waals surface area contributed by atoms with Crippen molar-refractivity contribution in [1.82, 2.24) is 9.97 Å². The lowest BCUT2D eigenvalue weighted by molar-refractivity contribution is 0.00578. The zero-order valence-corrected chi connectivity index (χ0v) is 17.1. The molecule has 1 aliphatic rings. The molecule has 2 aromatic rings. The van der Waals surface area contributed by atoms with Gasteiger partial charge < -0.3 is 9.31 Å². The van der Waals surface area contributed by atoms with Gasteiger partial charge in [-0.05, 0) is 71.7 Å². The van der Waals surface area contributed by atoms with Gasteiger partial charge >= 0.3 is 7.12 Å². The Bertz CT molecular complexity index is 900. The minimum atomic E-state index is -0.650. The highest BCUT2D eigenvalue weighted by Gasteiger charge is 2.52. The second-order valence-corrected chi connectivity index (χ2v) is 8.65. The van der Waals surface area contributed by atoms with Crippen molar-refractivity contribution in [3.8, 4) is 17.2 Å². The van der Waals surface area contributed by atoms with E-state index in [-0.39, 0.29) is 0 Å². The average molecular weight is 363 g/mol. The fraction of sp³-hybridized carbons (Fsp3) is 0.476. The van der Waals surface area contributed by atoms with Crippen LogP contribution >= 0.6 is 0 Å². The minimum absolute atomic E-state index is 0.402. The molecule has 140 valence electrons. The molecule has 0 amide bonds. The van der Waals surface area contributed by atoms with Crippen LogP contribution in [0.1, 0.15) is 52.9 Å². The van der Waals surface area contributed by atoms with E-state index in [0.29, 0.717) is 0 Å². The summed E-state index contributed by atoms with van der Waals surface area (Å²) in [6, 6.07) is 8.24. The largest absolute Gasteiger partial charge is 0.496 e. The van der Waals surface area contributed by atoms with Gasteiger partial charge in [-0.15, -0.1) is 0 Å². The molecule has 0 spiro atoms. The lowest BCUT2D eigenvalue weighted by atomic mass is 9.77. The molecule has 0 radical (unpaired) electrons. The van der Waals surface area contributed by atoms with Crippen LogP contribution in [-0.2, 0) is 14.7 Å². The predicted octanol–water partition coefficient (Wildman–Crippen LogP) is 3.55. The number of rotatable bonds is 3. The number of aryl methyl sites for hydroxylation is 1. The van der Waals surface area contributed by atoms with Crippen LogP contribution in [0.4, 0.5) is 0 Å². The van der Waals surface area contributed by atoms with E-state index < -0.39 is 23.7 Å². The number of nitriles is 1. The van der Waals surface area contributed by atoms with E-state index in [2.05, 4.69) is 22.1 Å². The number of pyridine rings is 2. The normalized spacial score (nSPS) is 18.4. The molecule has 1 fully saturated rings. The molecule has 0 aromatic carbocycles. The summed E-state index contributed by atoms with van der Waals surface area (Å²) in [5.74, 6) is 0. The Morgan fingerprint density at radius 1 is 1.04 bits per heavy atom. The van der Waals surface area contributed by atoms with Crippen LogP contribution in [0.5, 0.6) is 0 Å². The Kier molecular flexibility index (Phi) is 4.66. The molecular weight excluding hydrogens is 337 g/mol. The van der Waals surface area contributed by atoms with Crippen molar-refractivity contribution < 1.29 is 9.31 Å². The lowest BCUT2D eigenvalue weighted by Crippen LogP contribution is -2.41. The molecule has 6 heteroatoms. The van der Waals surface area contributed by atoms with E-state index in [1.807, 2.05) is 66.8 Å². The first-order valence-corrected chi connectivity index (χ1v) is 9.17. The van der Waals surface area contributed by atoms with Gasteiger partial charge in [-0.1, -0.05) is 6.07 Å². The number of hydrogen-bond donors (Lipinski definition) is 0. The molecule has 1 saturated heterocycles. The summed E-state index contributed by atoms with van der Waals surface area (Å²) in [6.45, 7) is 13.8. The quantitative estimate of drug-likeness (QED) is 0.780. The SMILES string of the molecule is Cc1ncc(-c2ccnc(C(C)(C)C#N)c2)cc1B1OC(C)(C)C(C)(C)O1. The summed E-state index contributed by atoms with van der Waals surface area (Å²) in [5.41, 5.74) is 2.99. The molecule has 0 N–H and O–H groups in total. The van der Waals surface area contributed by atoms with Crippen LogP contribution in [0.2, 0.25) is 0 Å². The van der Waals surface area contributed by atoms with Crippen LogP contribution in [-0.4, -0.2) is 28.3 Å². The highest BCUT2D eigenvalue weighted by atomic mass is 16.7. The maximum absolute atomic E-state index is 9.40.